The van der Waals surface area contributed by atoms with Crippen molar-refractivity contribution in [1.29, 1.82) is 5.26 Å². The van der Waals surface area contributed by atoms with E-state index in [2.05, 4.69) is 31.5 Å². The number of allylic oxidation sites excluding steroid dienone is 1. The highest BCUT2D eigenvalue weighted by atomic mass is 16.7. The van der Waals surface area contributed by atoms with Crippen LogP contribution in [0.4, 0.5) is 0 Å². The van der Waals surface area contributed by atoms with E-state index in [4.69, 9.17) is 9.47 Å². The van der Waals surface area contributed by atoms with Crippen molar-refractivity contribution in [3.8, 4) is 6.07 Å². The van der Waals surface area contributed by atoms with Crippen molar-refractivity contribution < 1.29 is 9.47 Å². The molecule has 2 fully saturated rings. The molecular weight excluding hydrogens is 276 g/mol. The summed E-state index contributed by atoms with van der Waals surface area (Å²) in [5.41, 5.74) is -0.342. The maximum absolute atomic E-state index is 9.73. The van der Waals surface area contributed by atoms with E-state index in [0.717, 1.165) is 64.7 Å². The molecule has 1 aliphatic carbocycles. The van der Waals surface area contributed by atoms with Crippen LogP contribution in [0.2, 0.25) is 0 Å². The number of hydrogen-bond acceptors (Lipinski definition) is 4. The third-order valence-corrected chi connectivity index (χ3v) is 5.29. The maximum Gasteiger partial charge on any atom is 0.168 e. The van der Waals surface area contributed by atoms with Crippen LogP contribution >= 0.6 is 0 Å². The first kappa shape index (κ1) is 17.5. The van der Waals surface area contributed by atoms with Gasteiger partial charge >= 0.3 is 0 Å². The average Bonchev–Trinajstić information content (AvgIpc) is 2.56. The summed E-state index contributed by atoms with van der Waals surface area (Å²) in [5, 5.41) is 9.73. The SMILES string of the molecule is C=CCC1COC2(CCC(C#N)(N(C)CCCC)CC2)OC1. The van der Waals surface area contributed by atoms with Crippen LogP contribution in [-0.2, 0) is 9.47 Å². The molecule has 0 N–H and O–H groups in total. The predicted octanol–water partition coefficient (Wildman–Crippen LogP) is 3.49. The van der Waals surface area contributed by atoms with Crippen LogP contribution in [0.3, 0.4) is 0 Å². The van der Waals surface area contributed by atoms with Gasteiger partial charge in [0.25, 0.3) is 0 Å². The highest BCUT2D eigenvalue weighted by Gasteiger charge is 2.48. The second-order valence-electron chi connectivity index (χ2n) is 6.84. The minimum absolute atomic E-state index is 0.342. The van der Waals surface area contributed by atoms with E-state index in [1.54, 1.807) is 0 Å². The normalized spacial score (nSPS) is 35.5. The minimum Gasteiger partial charge on any atom is -0.350 e. The van der Waals surface area contributed by atoms with Gasteiger partial charge in [-0.1, -0.05) is 19.4 Å². The van der Waals surface area contributed by atoms with Gasteiger partial charge in [0.2, 0.25) is 0 Å². The summed E-state index contributed by atoms with van der Waals surface area (Å²) in [4.78, 5) is 2.24. The van der Waals surface area contributed by atoms with Crippen molar-refractivity contribution in [2.75, 3.05) is 26.8 Å². The summed E-state index contributed by atoms with van der Waals surface area (Å²) in [6.07, 6.45) is 8.47. The van der Waals surface area contributed by atoms with Crippen molar-refractivity contribution in [1.82, 2.24) is 4.90 Å². The highest BCUT2D eigenvalue weighted by Crippen LogP contribution is 2.42. The van der Waals surface area contributed by atoms with Gasteiger partial charge in [0, 0.05) is 18.8 Å². The van der Waals surface area contributed by atoms with Crippen LogP contribution in [-0.4, -0.2) is 43.0 Å². The molecule has 1 heterocycles. The molecule has 0 radical (unpaired) electrons. The summed E-state index contributed by atoms with van der Waals surface area (Å²) < 4.78 is 12.1. The van der Waals surface area contributed by atoms with Crippen molar-refractivity contribution in [2.45, 2.75) is 63.2 Å². The van der Waals surface area contributed by atoms with Gasteiger partial charge < -0.3 is 9.47 Å². The number of hydrogen-bond donors (Lipinski definition) is 0. The van der Waals surface area contributed by atoms with Gasteiger partial charge in [-0.05, 0) is 39.3 Å². The van der Waals surface area contributed by atoms with Gasteiger partial charge in [-0.25, -0.2) is 0 Å². The molecule has 1 saturated carbocycles. The van der Waals surface area contributed by atoms with Crippen LogP contribution in [0.1, 0.15) is 51.9 Å². The average molecular weight is 306 g/mol. The molecular formula is C18H30N2O2. The van der Waals surface area contributed by atoms with Gasteiger partial charge in [-0.15, -0.1) is 6.58 Å². The van der Waals surface area contributed by atoms with E-state index in [1.807, 2.05) is 6.08 Å². The van der Waals surface area contributed by atoms with E-state index in [1.165, 1.54) is 0 Å². The highest BCUT2D eigenvalue weighted by molar-refractivity contribution is 5.11. The molecule has 0 amide bonds. The smallest absolute Gasteiger partial charge is 0.168 e. The first-order valence-electron chi connectivity index (χ1n) is 8.61. The summed E-state index contributed by atoms with van der Waals surface area (Å²) in [7, 11) is 2.08. The van der Waals surface area contributed by atoms with Crippen LogP contribution in [0, 0.1) is 17.2 Å². The zero-order chi connectivity index (χ0) is 16.1. The van der Waals surface area contributed by atoms with Crippen LogP contribution in [0.25, 0.3) is 0 Å². The molecule has 22 heavy (non-hydrogen) atoms. The Bertz CT molecular complexity index is 398. The van der Waals surface area contributed by atoms with Crippen molar-refractivity contribution in [2.24, 2.45) is 5.92 Å². The second kappa shape index (κ2) is 7.59. The molecule has 4 heteroatoms. The lowest BCUT2D eigenvalue weighted by atomic mass is 9.78. The summed E-state index contributed by atoms with van der Waals surface area (Å²) in [6.45, 7) is 8.45. The number of unbranched alkanes of at least 4 members (excludes halogenated alkanes) is 1. The fourth-order valence-electron chi connectivity index (χ4n) is 3.52. The Balaban J connectivity index is 1.91. The van der Waals surface area contributed by atoms with E-state index in [9.17, 15) is 5.26 Å². The molecule has 0 atom stereocenters. The molecule has 0 aromatic heterocycles. The lowest BCUT2D eigenvalue weighted by Gasteiger charge is -2.48. The summed E-state index contributed by atoms with van der Waals surface area (Å²) >= 11 is 0. The molecule has 0 aromatic carbocycles. The summed E-state index contributed by atoms with van der Waals surface area (Å²) in [5.74, 6) is -0.0122. The molecule has 2 aliphatic rings. The Kier molecular flexibility index (Phi) is 6.02. The van der Waals surface area contributed by atoms with Crippen LogP contribution < -0.4 is 0 Å². The van der Waals surface area contributed by atoms with Gasteiger partial charge in [-0.3, -0.25) is 4.90 Å². The topological polar surface area (TPSA) is 45.5 Å². The third-order valence-electron chi connectivity index (χ3n) is 5.29. The molecule has 0 unspecified atom stereocenters. The molecule has 0 aromatic rings. The molecule has 1 aliphatic heterocycles. The van der Waals surface area contributed by atoms with Crippen molar-refractivity contribution in [3.63, 3.8) is 0 Å². The number of nitrogens with zero attached hydrogens (tertiary/aromatic N) is 2. The maximum atomic E-state index is 9.73. The van der Waals surface area contributed by atoms with Gasteiger partial charge in [-0.2, -0.15) is 5.26 Å². The van der Waals surface area contributed by atoms with Crippen LogP contribution in [0.15, 0.2) is 12.7 Å². The van der Waals surface area contributed by atoms with Crippen LogP contribution in [0.5, 0.6) is 0 Å². The van der Waals surface area contributed by atoms with Gasteiger partial charge in [0.15, 0.2) is 5.79 Å². The number of rotatable bonds is 6. The standard InChI is InChI=1S/C18H30N2O2/c1-4-6-12-20(3)17(15-19)8-10-18(11-9-17)21-13-16(7-5-2)14-22-18/h5,16H,2,4,6-14H2,1,3H3. The largest absolute Gasteiger partial charge is 0.350 e. The lowest BCUT2D eigenvalue weighted by molar-refractivity contribution is -0.300. The monoisotopic (exact) mass is 306 g/mol. The molecule has 4 nitrogen and oxygen atoms in total. The van der Waals surface area contributed by atoms with Crippen molar-refractivity contribution >= 4 is 0 Å². The Labute approximate surface area is 135 Å². The Hall–Kier alpha value is -0.890. The number of ether oxygens (including phenoxy) is 2. The fraction of sp³-hybridized carbons (Fsp3) is 0.833. The minimum atomic E-state index is -0.441. The lowest BCUT2D eigenvalue weighted by Crippen LogP contribution is -2.55. The first-order chi connectivity index (χ1) is 10.6. The van der Waals surface area contributed by atoms with Gasteiger partial charge in [0.05, 0.1) is 19.3 Å². The quantitative estimate of drug-likeness (QED) is 0.705. The Morgan fingerprint density at radius 3 is 2.41 bits per heavy atom. The zero-order valence-corrected chi connectivity index (χ0v) is 14.1. The number of nitriles is 1. The second-order valence-corrected chi connectivity index (χ2v) is 6.84. The molecule has 0 bridgehead atoms. The molecule has 1 saturated heterocycles. The van der Waals surface area contributed by atoms with Crippen molar-refractivity contribution in [3.05, 3.63) is 12.7 Å². The molecule has 124 valence electrons. The van der Waals surface area contributed by atoms with E-state index >= 15 is 0 Å². The van der Waals surface area contributed by atoms with E-state index in [0.29, 0.717) is 5.92 Å². The molecule has 1 spiro atoms. The zero-order valence-electron chi connectivity index (χ0n) is 14.1. The molecule has 2 rings (SSSR count). The first-order valence-corrected chi connectivity index (χ1v) is 8.61. The fourth-order valence-corrected chi connectivity index (χ4v) is 3.52. The van der Waals surface area contributed by atoms with E-state index < -0.39 is 5.79 Å². The summed E-state index contributed by atoms with van der Waals surface area (Å²) in [6, 6.07) is 2.58. The van der Waals surface area contributed by atoms with Gasteiger partial charge in [0.1, 0.15) is 5.54 Å². The van der Waals surface area contributed by atoms with E-state index in [-0.39, 0.29) is 5.54 Å². The Morgan fingerprint density at radius 1 is 1.27 bits per heavy atom. The third kappa shape index (κ3) is 3.71. The Morgan fingerprint density at radius 2 is 1.91 bits per heavy atom. The predicted molar refractivity (Wildman–Crippen MR) is 87.3 cm³/mol.